The molecule has 9 aromatic carbocycles. The maximum atomic E-state index is 6.59. The second-order valence-electron chi connectivity index (χ2n) is 14.0. The third-order valence-corrected chi connectivity index (χ3v) is 12.0. The van der Waals surface area contributed by atoms with E-state index in [1.165, 1.54) is 42.1 Å². The highest BCUT2D eigenvalue weighted by Gasteiger charge is 2.22. The molecule has 2 aromatic heterocycles. The Morgan fingerprint density at radius 1 is 0.382 bits per heavy atom. The molecule has 0 atom stereocenters. The Bertz CT molecular complexity index is 3200. The zero-order valence-corrected chi connectivity index (χ0v) is 30.6. The topological polar surface area (TPSA) is 16.4 Å². The summed E-state index contributed by atoms with van der Waals surface area (Å²) in [4.78, 5) is 2.44. The van der Waals surface area contributed by atoms with Crippen LogP contribution in [0.4, 0.5) is 17.1 Å². The van der Waals surface area contributed by atoms with Crippen molar-refractivity contribution in [3.8, 4) is 33.4 Å². The Balaban J connectivity index is 1.15. The number of benzene rings is 9. The molecular weight excluding hydrogens is 687 g/mol. The smallest absolute Gasteiger partial charge is 0.143 e. The van der Waals surface area contributed by atoms with Crippen molar-refractivity contribution in [2.45, 2.75) is 0 Å². The summed E-state index contributed by atoms with van der Waals surface area (Å²) >= 11 is 1.85. The molecule has 0 saturated heterocycles. The van der Waals surface area contributed by atoms with Gasteiger partial charge in [-0.1, -0.05) is 152 Å². The molecule has 0 spiro atoms. The van der Waals surface area contributed by atoms with Crippen LogP contribution in [0.5, 0.6) is 0 Å². The molecule has 0 aliphatic rings. The van der Waals surface area contributed by atoms with Crippen molar-refractivity contribution in [1.82, 2.24) is 0 Å². The van der Waals surface area contributed by atoms with Crippen molar-refractivity contribution < 1.29 is 4.42 Å². The Hall–Kier alpha value is -6.94. The number of nitrogens with zero attached hydrogens (tertiary/aromatic N) is 1. The number of fused-ring (bicyclic) bond motifs is 7. The van der Waals surface area contributed by atoms with Crippen LogP contribution in [0.25, 0.3) is 86.3 Å². The second kappa shape index (κ2) is 12.9. The van der Waals surface area contributed by atoms with E-state index in [-0.39, 0.29) is 0 Å². The molecule has 0 unspecified atom stereocenters. The van der Waals surface area contributed by atoms with E-state index in [4.69, 9.17) is 4.42 Å². The lowest BCUT2D eigenvalue weighted by Gasteiger charge is -2.28. The lowest BCUT2D eigenvalue weighted by molar-refractivity contribution is 0.670. The predicted octanol–water partition coefficient (Wildman–Crippen LogP) is 15.6. The molecule has 55 heavy (non-hydrogen) atoms. The van der Waals surface area contributed by atoms with E-state index in [9.17, 15) is 0 Å². The molecule has 258 valence electrons. The minimum Gasteiger partial charge on any atom is -0.455 e. The Labute approximate surface area is 322 Å². The van der Waals surface area contributed by atoms with Gasteiger partial charge in [0.2, 0.25) is 0 Å². The van der Waals surface area contributed by atoms with Crippen LogP contribution in [0.1, 0.15) is 0 Å². The van der Waals surface area contributed by atoms with E-state index in [1.54, 1.807) is 0 Å². The van der Waals surface area contributed by atoms with Gasteiger partial charge in [-0.05, 0) is 87.1 Å². The second-order valence-corrected chi connectivity index (χ2v) is 15.1. The molecular formula is C52H33NOS. The van der Waals surface area contributed by atoms with Gasteiger partial charge in [0.1, 0.15) is 11.2 Å². The summed E-state index contributed by atoms with van der Waals surface area (Å²) in [5.41, 5.74) is 12.1. The third kappa shape index (κ3) is 5.24. The maximum Gasteiger partial charge on any atom is 0.143 e. The maximum absolute atomic E-state index is 6.59. The highest BCUT2D eigenvalue weighted by Crippen LogP contribution is 2.48. The minimum absolute atomic E-state index is 0.900. The van der Waals surface area contributed by atoms with Gasteiger partial charge in [-0.25, -0.2) is 0 Å². The van der Waals surface area contributed by atoms with Gasteiger partial charge >= 0.3 is 0 Å². The molecule has 3 heteroatoms. The molecule has 0 aliphatic carbocycles. The molecule has 0 saturated carbocycles. The fraction of sp³-hybridized carbons (Fsp3) is 0. The molecule has 2 nitrogen and oxygen atoms in total. The van der Waals surface area contributed by atoms with Crippen molar-refractivity contribution in [3.63, 3.8) is 0 Å². The van der Waals surface area contributed by atoms with E-state index in [0.29, 0.717) is 0 Å². The van der Waals surface area contributed by atoms with Gasteiger partial charge < -0.3 is 9.32 Å². The number of rotatable bonds is 6. The first-order chi connectivity index (χ1) is 27.3. The van der Waals surface area contributed by atoms with Crippen LogP contribution in [-0.2, 0) is 0 Å². The minimum atomic E-state index is 0.900. The summed E-state index contributed by atoms with van der Waals surface area (Å²) in [5, 5.41) is 7.29. The monoisotopic (exact) mass is 719 g/mol. The molecule has 0 aliphatic heterocycles. The fourth-order valence-electron chi connectivity index (χ4n) is 8.36. The standard InChI is InChI=1S/C52H33NOS/c1-2-13-35(14-3-1)46-33-38(31-32-41(46)43-21-11-22-44-42-18-6-8-24-48(42)54-52(43)44)53(47-23-12-26-50-51(47)45-19-7-9-25-49(45)55-50)37-29-27-36(28-30-37)40-20-10-16-34-15-4-5-17-39(34)40/h1-33H. The average molecular weight is 720 g/mol. The van der Waals surface area contributed by atoms with Crippen LogP contribution in [0.3, 0.4) is 0 Å². The summed E-state index contributed by atoms with van der Waals surface area (Å²) in [6.45, 7) is 0. The Morgan fingerprint density at radius 3 is 1.91 bits per heavy atom. The van der Waals surface area contributed by atoms with Gasteiger partial charge in [0.25, 0.3) is 0 Å². The fourth-order valence-corrected chi connectivity index (χ4v) is 9.49. The van der Waals surface area contributed by atoms with Gasteiger partial charge in [-0.2, -0.15) is 0 Å². The van der Waals surface area contributed by atoms with Crippen molar-refractivity contribution in [2.24, 2.45) is 0 Å². The van der Waals surface area contributed by atoms with Gasteiger partial charge in [0, 0.05) is 47.9 Å². The SMILES string of the molecule is c1ccc(-c2cc(N(c3ccc(-c4cccc5ccccc45)cc3)c3cccc4sc5ccccc5c34)ccc2-c2cccc3c2oc2ccccc23)cc1. The molecule has 2 heterocycles. The van der Waals surface area contributed by atoms with E-state index in [0.717, 1.165) is 61.3 Å². The molecule has 0 amide bonds. The zero-order chi connectivity index (χ0) is 36.3. The quantitative estimate of drug-likeness (QED) is 0.170. The summed E-state index contributed by atoms with van der Waals surface area (Å²) in [7, 11) is 0. The van der Waals surface area contributed by atoms with Crippen LogP contribution < -0.4 is 4.90 Å². The molecule has 0 bridgehead atoms. The van der Waals surface area contributed by atoms with Gasteiger partial charge in [-0.15, -0.1) is 11.3 Å². The number of thiophene rings is 1. The van der Waals surface area contributed by atoms with Gasteiger partial charge in [0.15, 0.2) is 0 Å². The van der Waals surface area contributed by atoms with E-state index < -0.39 is 0 Å². The highest BCUT2D eigenvalue weighted by molar-refractivity contribution is 7.26. The number of hydrogen-bond acceptors (Lipinski definition) is 3. The van der Waals surface area contributed by atoms with E-state index >= 15 is 0 Å². The summed E-state index contributed by atoms with van der Waals surface area (Å²) < 4.78 is 9.15. The molecule has 0 N–H and O–H groups in total. The largest absolute Gasteiger partial charge is 0.455 e. The molecule has 11 aromatic rings. The van der Waals surface area contributed by atoms with Gasteiger partial charge in [-0.3, -0.25) is 0 Å². The summed E-state index contributed by atoms with van der Waals surface area (Å²) in [6, 6.07) is 72.2. The van der Waals surface area contributed by atoms with Crippen LogP contribution in [0.15, 0.2) is 205 Å². The van der Waals surface area contributed by atoms with Crippen molar-refractivity contribution >= 4 is 81.3 Å². The lowest BCUT2D eigenvalue weighted by Crippen LogP contribution is -2.10. The number of anilines is 3. The summed E-state index contributed by atoms with van der Waals surface area (Å²) in [5.74, 6) is 0. The van der Waals surface area contributed by atoms with Crippen molar-refractivity contribution in [2.75, 3.05) is 4.90 Å². The highest BCUT2D eigenvalue weighted by atomic mass is 32.1. The average Bonchev–Trinajstić information content (AvgIpc) is 3.83. The normalized spacial score (nSPS) is 11.6. The third-order valence-electron chi connectivity index (χ3n) is 10.9. The Morgan fingerprint density at radius 2 is 1.02 bits per heavy atom. The van der Waals surface area contributed by atoms with Crippen LogP contribution >= 0.6 is 11.3 Å². The number of furan rings is 1. The van der Waals surface area contributed by atoms with E-state index in [2.05, 4.69) is 199 Å². The zero-order valence-electron chi connectivity index (χ0n) is 29.8. The molecule has 11 rings (SSSR count). The van der Waals surface area contributed by atoms with Crippen molar-refractivity contribution in [3.05, 3.63) is 200 Å². The first-order valence-corrected chi connectivity index (χ1v) is 19.5. The van der Waals surface area contributed by atoms with Crippen LogP contribution in [0.2, 0.25) is 0 Å². The molecule has 0 fully saturated rings. The first kappa shape index (κ1) is 31.6. The van der Waals surface area contributed by atoms with Gasteiger partial charge in [0.05, 0.1) is 5.69 Å². The number of hydrogen-bond donors (Lipinski definition) is 0. The van der Waals surface area contributed by atoms with Crippen LogP contribution in [-0.4, -0.2) is 0 Å². The summed E-state index contributed by atoms with van der Waals surface area (Å²) in [6.07, 6.45) is 0. The lowest BCUT2D eigenvalue weighted by atomic mass is 9.92. The van der Waals surface area contributed by atoms with Crippen LogP contribution in [0, 0.1) is 0 Å². The van der Waals surface area contributed by atoms with E-state index in [1.807, 2.05) is 17.4 Å². The number of para-hydroxylation sites is 2. The predicted molar refractivity (Wildman–Crippen MR) is 235 cm³/mol. The first-order valence-electron chi connectivity index (χ1n) is 18.7. The Kier molecular flexibility index (Phi) is 7.39. The van der Waals surface area contributed by atoms with Crippen molar-refractivity contribution in [1.29, 1.82) is 0 Å². The molecule has 0 radical (unpaired) electrons.